The van der Waals surface area contributed by atoms with Crippen LogP contribution in [0, 0.1) is 13.8 Å². The van der Waals surface area contributed by atoms with Crippen molar-refractivity contribution in [3.8, 4) is 19.5 Å². The van der Waals surface area contributed by atoms with Gasteiger partial charge in [0.15, 0.2) is 0 Å². The van der Waals surface area contributed by atoms with Crippen molar-refractivity contribution in [1.82, 2.24) is 0 Å². The molecule has 4 aromatic heterocycles. The lowest BCUT2D eigenvalue weighted by molar-refractivity contribution is 1.26. The van der Waals surface area contributed by atoms with Crippen molar-refractivity contribution in [2.75, 3.05) is 0 Å². The summed E-state index contributed by atoms with van der Waals surface area (Å²) >= 11 is 8.61. The number of rotatable bonds is 8. The van der Waals surface area contributed by atoms with Crippen molar-refractivity contribution in [3.05, 3.63) is 34.0 Å². The van der Waals surface area contributed by atoms with Gasteiger partial charge in [0.25, 0.3) is 0 Å². The number of fused-ring (bicyclic) bond motifs is 6. The lowest BCUT2D eigenvalue weighted by Gasteiger charge is -2.37. The summed E-state index contributed by atoms with van der Waals surface area (Å²) in [7, 11) is -7.76. The van der Waals surface area contributed by atoms with E-state index in [1.807, 2.05) is 20.7 Å². The van der Waals surface area contributed by atoms with Gasteiger partial charge >= 0.3 is 0 Å². The van der Waals surface area contributed by atoms with Crippen LogP contribution in [0.3, 0.4) is 0 Å². The number of aryl methyl sites for hydroxylation is 2. The van der Waals surface area contributed by atoms with Crippen LogP contribution in [-0.4, -0.2) is 40.4 Å². The second-order valence-corrected chi connectivity index (χ2v) is 46.3. The molecule has 2 aliphatic rings. The van der Waals surface area contributed by atoms with E-state index in [-0.39, 0.29) is 0 Å². The lowest BCUT2D eigenvalue weighted by atomic mass is 10.4. The van der Waals surface area contributed by atoms with Crippen molar-refractivity contribution in [2.45, 2.75) is 103 Å². The average molecular weight is 701 g/mol. The molecule has 0 N–H and O–H groups in total. The normalized spacial score (nSPS) is 21.8. The molecule has 6 rings (SSSR count). The van der Waals surface area contributed by atoms with E-state index < -0.39 is 40.4 Å². The van der Waals surface area contributed by atoms with Gasteiger partial charge in [0.2, 0.25) is 0 Å². The van der Waals surface area contributed by atoms with Crippen LogP contribution in [0.1, 0.15) is 16.7 Å². The minimum atomic E-state index is -1.89. The standard InChI is InChI=1S/C32H48S4Si5/c1-13-40(23-16-21(2)33-29(23)31-25(40)18-27(35-31)38(7,8)9)14-15-41(20-37(4,5)6)24-17-22(3)34-30(24)32-26(41)19-28(36-32)39(10,11)12/h16-19H,13-15,20H2,1-12H3. The molecule has 2 aliphatic heterocycles. The Hall–Kier alpha value is -0.116. The highest BCUT2D eigenvalue weighted by Crippen LogP contribution is 2.46. The average Bonchev–Trinajstić information content (AvgIpc) is 3.63. The van der Waals surface area contributed by atoms with E-state index in [1.165, 1.54) is 33.6 Å². The van der Waals surface area contributed by atoms with Crippen LogP contribution in [0.15, 0.2) is 24.3 Å². The molecule has 0 spiro atoms. The molecule has 0 aliphatic carbocycles. The summed E-state index contributed by atoms with van der Waals surface area (Å²) in [4.78, 5) is 9.84. The fourth-order valence-electron chi connectivity index (χ4n) is 7.64. The van der Waals surface area contributed by atoms with Crippen LogP contribution in [0.5, 0.6) is 0 Å². The summed E-state index contributed by atoms with van der Waals surface area (Å²) in [5.41, 5.74) is 1.51. The summed E-state index contributed by atoms with van der Waals surface area (Å²) in [6.45, 7) is 30.6. The molecular formula is C32H48S4Si5. The third-order valence-electron chi connectivity index (χ3n) is 9.54. The quantitative estimate of drug-likeness (QED) is 0.162. The molecule has 2 unspecified atom stereocenters. The summed E-state index contributed by atoms with van der Waals surface area (Å²) in [5.74, 6) is 0. The predicted octanol–water partition coefficient (Wildman–Crippen LogP) is 8.32. The van der Waals surface area contributed by atoms with E-state index in [9.17, 15) is 0 Å². The molecule has 9 heteroatoms. The highest BCUT2D eigenvalue weighted by Gasteiger charge is 2.54. The molecule has 4 aromatic rings. The third kappa shape index (κ3) is 4.92. The molecule has 0 saturated heterocycles. The molecule has 2 atom stereocenters. The molecule has 0 amide bonds. The fourth-order valence-corrected chi connectivity index (χ4v) is 39.4. The summed E-state index contributed by atoms with van der Waals surface area (Å²) in [6.07, 6.45) is 0. The molecule has 0 bridgehead atoms. The van der Waals surface area contributed by atoms with Crippen LogP contribution >= 0.6 is 45.3 Å². The highest BCUT2D eigenvalue weighted by atomic mass is 32.1. The molecule has 0 saturated carbocycles. The van der Waals surface area contributed by atoms with Crippen LogP contribution in [0.25, 0.3) is 19.5 Å². The maximum Gasteiger partial charge on any atom is 0.121 e. The first kappa shape index (κ1) is 30.9. The van der Waals surface area contributed by atoms with E-state index in [4.69, 9.17) is 0 Å². The smallest absolute Gasteiger partial charge is 0.121 e. The third-order valence-corrected chi connectivity index (χ3v) is 38.4. The van der Waals surface area contributed by atoms with Crippen molar-refractivity contribution in [2.24, 2.45) is 0 Å². The van der Waals surface area contributed by atoms with Crippen molar-refractivity contribution < 1.29 is 0 Å². The molecule has 41 heavy (non-hydrogen) atoms. The minimum Gasteiger partial charge on any atom is -0.144 e. The fraction of sp³-hybridized carbons (Fsp3) is 0.500. The molecule has 0 radical (unpaired) electrons. The second kappa shape index (κ2) is 9.94. The molecular weight excluding hydrogens is 653 g/mol. The number of hydrogen-bond donors (Lipinski definition) is 0. The van der Waals surface area contributed by atoms with Crippen LogP contribution in [-0.2, 0) is 0 Å². The zero-order valence-corrected chi connectivity index (χ0v) is 35.5. The van der Waals surface area contributed by atoms with Crippen LogP contribution < -0.4 is 29.7 Å². The predicted molar refractivity (Wildman–Crippen MR) is 209 cm³/mol. The Bertz CT molecular complexity index is 1650. The van der Waals surface area contributed by atoms with Gasteiger partial charge < -0.3 is 0 Å². The Balaban J connectivity index is 1.53. The maximum absolute atomic E-state index is 2.80. The van der Waals surface area contributed by atoms with Crippen LogP contribution in [0.4, 0.5) is 0 Å². The van der Waals surface area contributed by atoms with Gasteiger partial charge in [-0.15, -0.1) is 45.3 Å². The first-order valence-corrected chi connectivity index (χ1v) is 34.2. The van der Waals surface area contributed by atoms with Gasteiger partial charge in [-0.25, -0.2) is 0 Å². The molecule has 220 valence electrons. The van der Waals surface area contributed by atoms with E-state index >= 15 is 0 Å². The number of hydrogen-bond acceptors (Lipinski definition) is 4. The number of thiophene rings is 4. The largest absolute Gasteiger partial charge is 0.144 e. The van der Waals surface area contributed by atoms with E-state index in [1.54, 1.807) is 28.5 Å². The SMILES string of the molecule is CC[Si]1(CC[Si]2(C[Si](C)(C)C)c3cc(C)sc3-c3sc([Si](C)(C)C)cc32)c2cc(C)sc2-c2sc([Si](C)(C)C)cc21. The van der Waals surface area contributed by atoms with Gasteiger partial charge in [-0.2, -0.15) is 0 Å². The molecule has 0 aromatic carbocycles. The van der Waals surface area contributed by atoms with Gasteiger partial charge in [-0.05, 0) is 55.7 Å². The van der Waals surface area contributed by atoms with Crippen molar-refractivity contribution in [1.29, 1.82) is 0 Å². The van der Waals surface area contributed by atoms with Gasteiger partial charge in [0.1, 0.15) is 16.1 Å². The minimum absolute atomic E-state index is 1.32. The Morgan fingerprint density at radius 3 is 1.32 bits per heavy atom. The maximum atomic E-state index is 2.80. The Morgan fingerprint density at radius 2 is 0.902 bits per heavy atom. The highest BCUT2D eigenvalue weighted by molar-refractivity contribution is 7.37. The second-order valence-electron chi connectivity index (χ2n) is 16.2. The first-order chi connectivity index (χ1) is 18.9. The molecule has 0 fully saturated rings. The van der Waals surface area contributed by atoms with Crippen molar-refractivity contribution >= 4 is 115 Å². The van der Waals surface area contributed by atoms with Gasteiger partial charge in [0.05, 0.1) is 16.1 Å². The van der Waals surface area contributed by atoms with Gasteiger partial charge in [-0.3, -0.25) is 0 Å². The first-order valence-electron chi connectivity index (χ1n) is 15.4. The zero-order valence-electron chi connectivity index (χ0n) is 27.3. The summed E-state index contributed by atoms with van der Waals surface area (Å²) in [6, 6.07) is 15.2. The Morgan fingerprint density at radius 1 is 0.537 bits per heavy atom. The Labute approximate surface area is 270 Å². The summed E-state index contributed by atoms with van der Waals surface area (Å²) < 4.78 is 3.47. The van der Waals surface area contributed by atoms with E-state index in [0.29, 0.717) is 0 Å². The summed E-state index contributed by atoms with van der Waals surface area (Å²) in [5, 5.41) is 7.38. The zero-order chi connectivity index (χ0) is 29.9. The lowest BCUT2D eigenvalue weighted by Crippen LogP contribution is -2.62. The van der Waals surface area contributed by atoms with Gasteiger partial charge in [-0.1, -0.05) is 102 Å². The molecule has 0 nitrogen and oxygen atoms in total. The topological polar surface area (TPSA) is 0 Å². The van der Waals surface area contributed by atoms with E-state index in [0.717, 1.165) is 0 Å². The van der Waals surface area contributed by atoms with Crippen LogP contribution in [0.2, 0.25) is 82.7 Å². The van der Waals surface area contributed by atoms with Crippen molar-refractivity contribution in [3.63, 3.8) is 0 Å². The van der Waals surface area contributed by atoms with Gasteiger partial charge in [0, 0.05) is 37.3 Å². The Kier molecular flexibility index (Phi) is 7.49. The molecule has 6 heterocycles. The monoisotopic (exact) mass is 700 g/mol. The van der Waals surface area contributed by atoms with E-state index in [2.05, 4.69) is 149 Å².